The highest BCUT2D eigenvalue weighted by Gasteiger charge is 2.23. The number of carbonyl (C=O) groups is 3. The maximum Gasteiger partial charge on any atom is 0.326 e. The standard InChI is InChI=1S/C11H21N3O4/c1-4-12-8(15)5-6-13-11(18)14-9(7(2)3)10(16)17/h7,9H,4-6H2,1-3H3,(H,12,15)(H,16,17)(H2,13,14,18). The fraction of sp³-hybridized carbons (Fsp3) is 0.727. The molecule has 0 radical (unpaired) electrons. The van der Waals surface area contributed by atoms with Crippen LogP contribution >= 0.6 is 0 Å². The van der Waals surface area contributed by atoms with Gasteiger partial charge in [0.2, 0.25) is 5.91 Å². The molecular formula is C11H21N3O4. The number of urea groups is 1. The number of nitrogens with one attached hydrogen (secondary N) is 3. The van der Waals surface area contributed by atoms with Gasteiger partial charge in [-0.05, 0) is 12.8 Å². The lowest BCUT2D eigenvalue weighted by atomic mass is 10.1. The highest BCUT2D eigenvalue weighted by Crippen LogP contribution is 2.01. The molecule has 0 rings (SSSR count). The molecular weight excluding hydrogens is 238 g/mol. The summed E-state index contributed by atoms with van der Waals surface area (Å²) in [4.78, 5) is 33.3. The molecule has 0 aliphatic rings. The van der Waals surface area contributed by atoms with Crippen molar-refractivity contribution in [1.29, 1.82) is 0 Å². The van der Waals surface area contributed by atoms with E-state index in [9.17, 15) is 14.4 Å². The Labute approximate surface area is 106 Å². The van der Waals surface area contributed by atoms with Crippen molar-refractivity contribution in [2.45, 2.75) is 33.2 Å². The SMILES string of the molecule is CCNC(=O)CCNC(=O)NC(C(=O)O)C(C)C. The van der Waals surface area contributed by atoms with Crippen molar-refractivity contribution in [3.05, 3.63) is 0 Å². The van der Waals surface area contributed by atoms with E-state index >= 15 is 0 Å². The fourth-order valence-electron chi connectivity index (χ4n) is 1.28. The number of hydrogen-bond donors (Lipinski definition) is 4. The van der Waals surface area contributed by atoms with E-state index in [1.807, 2.05) is 0 Å². The lowest BCUT2D eigenvalue weighted by Gasteiger charge is -2.18. The molecule has 0 fully saturated rings. The predicted molar refractivity (Wildman–Crippen MR) is 66.1 cm³/mol. The van der Waals surface area contributed by atoms with Gasteiger partial charge >= 0.3 is 12.0 Å². The smallest absolute Gasteiger partial charge is 0.326 e. The maximum atomic E-state index is 11.4. The van der Waals surface area contributed by atoms with Crippen molar-refractivity contribution in [2.24, 2.45) is 5.92 Å². The lowest BCUT2D eigenvalue weighted by molar-refractivity contribution is -0.140. The van der Waals surface area contributed by atoms with E-state index in [2.05, 4.69) is 16.0 Å². The van der Waals surface area contributed by atoms with E-state index < -0.39 is 18.0 Å². The molecule has 4 N–H and O–H groups in total. The van der Waals surface area contributed by atoms with Crippen LogP contribution in [0.15, 0.2) is 0 Å². The Bertz CT molecular complexity index is 305. The van der Waals surface area contributed by atoms with Crippen LogP contribution in [-0.4, -0.2) is 42.1 Å². The average Bonchev–Trinajstić information content (AvgIpc) is 2.25. The number of carboxylic acids is 1. The fourth-order valence-corrected chi connectivity index (χ4v) is 1.28. The molecule has 0 heterocycles. The van der Waals surface area contributed by atoms with Gasteiger partial charge in [-0.15, -0.1) is 0 Å². The van der Waals surface area contributed by atoms with E-state index in [1.165, 1.54) is 0 Å². The number of amides is 3. The van der Waals surface area contributed by atoms with Gasteiger partial charge in [0.05, 0.1) is 0 Å². The summed E-state index contributed by atoms with van der Waals surface area (Å²) < 4.78 is 0. The van der Waals surface area contributed by atoms with Gasteiger partial charge in [-0.1, -0.05) is 13.8 Å². The summed E-state index contributed by atoms with van der Waals surface area (Å²) in [6.07, 6.45) is 0.167. The first-order valence-electron chi connectivity index (χ1n) is 5.92. The molecule has 3 amide bonds. The minimum absolute atomic E-state index is 0.156. The van der Waals surface area contributed by atoms with Crippen LogP contribution in [-0.2, 0) is 9.59 Å². The van der Waals surface area contributed by atoms with Gasteiger partial charge in [0, 0.05) is 19.5 Å². The van der Waals surface area contributed by atoms with Gasteiger partial charge in [-0.3, -0.25) is 4.79 Å². The van der Waals surface area contributed by atoms with E-state index in [1.54, 1.807) is 20.8 Å². The van der Waals surface area contributed by atoms with Crippen molar-refractivity contribution < 1.29 is 19.5 Å². The number of aliphatic carboxylic acids is 1. The minimum Gasteiger partial charge on any atom is -0.480 e. The maximum absolute atomic E-state index is 11.4. The predicted octanol–water partition coefficient (Wildman–Crippen LogP) is -0.0790. The largest absolute Gasteiger partial charge is 0.480 e. The zero-order chi connectivity index (χ0) is 14.1. The van der Waals surface area contributed by atoms with Gasteiger partial charge in [0.25, 0.3) is 0 Å². The van der Waals surface area contributed by atoms with E-state index in [0.717, 1.165) is 0 Å². The Balaban J connectivity index is 3.96. The Hall–Kier alpha value is -1.79. The third kappa shape index (κ3) is 6.72. The monoisotopic (exact) mass is 259 g/mol. The van der Waals surface area contributed by atoms with Gasteiger partial charge in [-0.25, -0.2) is 9.59 Å². The second kappa shape index (κ2) is 8.32. The molecule has 0 saturated heterocycles. The number of carbonyl (C=O) groups excluding carboxylic acids is 2. The highest BCUT2D eigenvalue weighted by molar-refractivity contribution is 5.83. The number of hydrogen-bond acceptors (Lipinski definition) is 3. The molecule has 7 nitrogen and oxygen atoms in total. The van der Waals surface area contributed by atoms with Crippen LogP contribution in [0.3, 0.4) is 0 Å². The third-order valence-corrected chi connectivity index (χ3v) is 2.23. The number of rotatable bonds is 7. The Morgan fingerprint density at radius 2 is 1.78 bits per heavy atom. The van der Waals surface area contributed by atoms with E-state index in [0.29, 0.717) is 6.54 Å². The zero-order valence-electron chi connectivity index (χ0n) is 10.9. The van der Waals surface area contributed by atoms with Crippen molar-refractivity contribution in [3.63, 3.8) is 0 Å². The quantitative estimate of drug-likeness (QED) is 0.513. The molecule has 104 valence electrons. The van der Waals surface area contributed by atoms with Gasteiger partial charge in [0.15, 0.2) is 0 Å². The van der Waals surface area contributed by atoms with Crippen LogP contribution in [0, 0.1) is 5.92 Å². The summed E-state index contributed by atoms with van der Waals surface area (Å²) in [5.74, 6) is -1.45. The van der Waals surface area contributed by atoms with Crippen molar-refractivity contribution >= 4 is 17.9 Å². The minimum atomic E-state index is -1.08. The van der Waals surface area contributed by atoms with Crippen LogP contribution in [0.2, 0.25) is 0 Å². The molecule has 0 aliphatic carbocycles. The topological polar surface area (TPSA) is 108 Å². The number of carboxylic acid groups (broad SMARTS) is 1. The molecule has 0 aliphatic heterocycles. The van der Waals surface area contributed by atoms with Gasteiger partial charge in [-0.2, -0.15) is 0 Å². The first-order valence-corrected chi connectivity index (χ1v) is 5.92. The summed E-state index contributed by atoms with van der Waals surface area (Å²) >= 11 is 0. The van der Waals surface area contributed by atoms with Crippen molar-refractivity contribution in [2.75, 3.05) is 13.1 Å². The first kappa shape index (κ1) is 16.2. The summed E-state index contributed by atoms with van der Waals surface area (Å²) in [6.45, 7) is 5.92. The normalized spacial score (nSPS) is 11.8. The Morgan fingerprint density at radius 1 is 1.17 bits per heavy atom. The molecule has 0 spiro atoms. The molecule has 7 heteroatoms. The summed E-state index contributed by atoms with van der Waals surface area (Å²) in [5, 5.41) is 16.2. The van der Waals surface area contributed by atoms with Crippen LogP contribution in [0.1, 0.15) is 27.2 Å². The molecule has 0 aromatic heterocycles. The molecule has 0 saturated carbocycles. The first-order chi connectivity index (χ1) is 8.38. The molecule has 0 aromatic carbocycles. The molecule has 1 atom stereocenters. The van der Waals surface area contributed by atoms with Crippen molar-refractivity contribution in [1.82, 2.24) is 16.0 Å². The second-order valence-corrected chi connectivity index (χ2v) is 4.16. The Morgan fingerprint density at radius 3 is 2.22 bits per heavy atom. The second-order valence-electron chi connectivity index (χ2n) is 4.16. The summed E-state index contributed by atoms with van der Waals surface area (Å²) in [7, 11) is 0. The average molecular weight is 259 g/mol. The third-order valence-electron chi connectivity index (χ3n) is 2.23. The molecule has 0 bridgehead atoms. The summed E-state index contributed by atoms with van der Waals surface area (Å²) in [5.41, 5.74) is 0. The van der Waals surface area contributed by atoms with Gasteiger partial charge < -0.3 is 21.1 Å². The van der Waals surface area contributed by atoms with Gasteiger partial charge in [0.1, 0.15) is 6.04 Å². The van der Waals surface area contributed by atoms with Crippen molar-refractivity contribution in [3.8, 4) is 0 Å². The van der Waals surface area contributed by atoms with Crippen LogP contribution in [0.5, 0.6) is 0 Å². The highest BCUT2D eigenvalue weighted by atomic mass is 16.4. The van der Waals surface area contributed by atoms with Crippen LogP contribution < -0.4 is 16.0 Å². The Kier molecular flexibility index (Phi) is 7.50. The zero-order valence-corrected chi connectivity index (χ0v) is 10.9. The van der Waals surface area contributed by atoms with Crippen LogP contribution in [0.25, 0.3) is 0 Å². The molecule has 0 aromatic rings. The molecule has 18 heavy (non-hydrogen) atoms. The van der Waals surface area contributed by atoms with E-state index in [4.69, 9.17) is 5.11 Å². The lowest BCUT2D eigenvalue weighted by Crippen LogP contribution is -2.49. The van der Waals surface area contributed by atoms with E-state index in [-0.39, 0.29) is 24.8 Å². The van der Waals surface area contributed by atoms with Crippen LogP contribution in [0.4, 0.5) is 4.79 Å². The summed E-state index contributed by atoms with van der Waals surface area (Å²) in [6, 6.07) is -1.52. The molecule has 1 unspecified atom stereocenters.